The molecule has 0 saturated heterocycles. The first-order valence-electron chi connectivity index (χ1n) is 6.72. The second-order valence-electron chi connectivity index (χ2n) is 5.33. The summed E-state index contributed by atoms with van der Waals surface area (Å²) < 4.78 is 38.0. The first kappa shape index (κ1) is 16.3. The minimum Gasteiger partial charge on any atom is -0.373 e. The Balaban J connectivity index is 2.29. The molecule has 2 atom stereocenters. The predicted octanol–water partition coefficient (Wildman–Crippen LogP) is 3.33. The lowest BCUT2D eigenvalue weighted by atomic mass is 9.98. The van der Waals surface area contributed by atoms with Crippen LogP contribution in [-0.2, 0) is 4.79 Å². The van der Waals surface area contributed by atoms with Crippen molar-refractivity contribution < 1.29 is 23.1 Å². The third kappa shape index (κ3) is 2.92. The molecule has 0 fully saturated rings. The fourth-order valence-electron chi connectivity index (χ4n) is 2.17. The molecule has 3 nitrogen and oxygen atoms in total. The molecule has 0 bridgehead atoms. The van der Waals surface area contributed by atoms with Gasteiger partial charge in [0.25, 0.3) is 5.91 Å². The van der Waals surface area contributed by atoms with E-state index < -0.39 is 23.7 Å². The van der Waals surface area contributed by atoms with Gasteiger partial charge in [-0.15, -0.1) is 0 Å². The zero-order valence-corrected chi connectivity index (χ0v) is 12.1. The largest absolute Gasteiger partial charge is 0.426 e. The Morgan fingerprint density at radius 2 is 1.73 bits per heavy atom. The Morgan fingerprint density at radius 1 is 1.14 bits per heavy atom. The maximum absolute atomic E-state index is 12.7. The summed E-state index contributed by atoms with van der Waals surface area (Å²) in [4.78, 5) is 11.8. The highest BCUT2D eigenvalue weighted by Crippen LogP contribution is 2.31. The normalized spacial score (nSPS) is 16.1. The lowest BCUT2D eigenvalue weighted by Crippen LogP contribution is -2.55. The molecule has 0 aromatic heterocycles. The standard InChI is InChI=1S/C16H16F3NO2/c1-10(20-14(21)15(2,22)16(17,18)19)12-9-5-7-11-6-3-4-8-13(11)12/h3-10,22H,1-2H3,(H,20,21)/t10-,15-/m0/s1. The number of amides is 1. The molecule has 0 unspecified atom stereocenters. The van der Waals surface area contributed by atoms with Crippen molar-refractivity contribution in [3.05, 3.63) is 48.0 Å². The number of alkyl halides is 3. The number of hydrogen-bond acceptors (Lipinski definition) is 2. The van der Waals surface area contributed by atoms with Crippen LogP contribution in [-0.4, -0.2) is 22.8 Å². The molecule has 2 N–H and O–H groups in total. The van der Waals surface area contributed by atoms with Crippen LogP contribution in [0.5, 0.6) is 0 Å². The molecule has 0 heterocycles. The van der Waals surface area contributed by atoms with E-state index in [-0.39, 0.29) is 0 Å². The summed E-state index contributed by atoms with van der Waals surface area (Å²) in [5.74, 6) is -1.47. The average Bonchev–Trinajstić information content (AvgIpc) is 2.45. The number of benzene rings is 2. The van der Waals surface area contributed by atoms with E-state index >= 15 is 0 Å². The maximum Gasteiger partial charge on any atom is 0.426 e. The van der Waals surface area contributed by atoms with Crippen molar-refractivity contribution in [1.82, 2.24) is 5.32 Å². The smallest absolute Gasteiger partial charge is 0.373 e. The summed E-state index contributed by atoms with van der Waals surface area (Å²) in [5.41, 5.74) is -2.74. The van der Waals surface area contributed by atoms with Gasteiger partial charge in [-0.05, 0) is 30.2 Å². The molecule has 1 amide bonds. The third-order valence-electron chi connectivity index (χ3n) is 3.63. The molecule has 22 heavy (non-hydrogen) atoms. The summed E-state index contributed by atoms with van der Waals surface area (Å²) in [7, 11) is 0. The van der Waals surface area contributed by atoms with Crippen LogP contribution in [0.2, 0.25) is 0 Å². The van der Waals surface area contributed by atoms with E-state index in [1.54, 1.807) is 19.1 Å². The van der Waals surface area contributed by atoms with Crippen LogP contribution < -0.4 is 5.32 Å². The molecule has 0 spiro atoms. The van der Waals surface area contributed by atoms with Crippen molar-refractivity contribution in [2.24, 2.45) is 0 Å². The van der Waals surface area contributed by atoms with Crippen LogP contribution in [0.1, 0.15) is 25.5 Å². The molecule has 2 rings (SSSR count). The van der Waals surface area contributed by atoms with Crippen LogP contribution >= 0.6 is 0 Å². The highest BCUT2D eigenvalue weighted by Gasteiger charge is 2.55. The summed E-state index contributed by atoms with van der Waals surface area (Å²) in [5, 5.41) is 13.4. The molecular formula is C16H16F3NO2. The summed E-state index contributed by atoms with van der Waals surface area (Å²) in [6.45, 7) is 2.02. The van der Waals surface area contributed by atoms with Gasteiger partial charge in [0.05, 0.1) is 6.04 Å². The highest BCUT2D eigenvalue weighted by molar-refractivity contribution is 5.88. The number of aliphatic hydroxyl groups is 1. The zero-order valence-electron chi connectivity index (χ0n) is 12.1. The average molecular weight is 311 g/mol. The number of rotatable bonds is 3. The zero-order chi connectivity index (χ0) is 16.5. The van der Waals surface area contributed by atoms with Crippen molar-refractivity contribution in [3.8, 4) is 0 Å². The second-order valence-corrected chi connectivity index (χ2v) is 5.33. The number of nitrogens with one attached hydrogen (secondary N) is 1. The van der Waals surface area contributed by atoms with Gasteiger partial charge in [-0.1, -0.05) is 42.5 Å². The number of halogens is 3. The van der Waals surface area contributed by atoms with Gasteiger partial charge in [0.15, 0.2) is 0 Å². The van der Waals surface area contributed by atoms with Crippen LogP contribution in [0.4, 0.5) is 13.2 Å². The summed E-state index contributed by atoms with van der Waals surface area (Å²) in [6, 6.07) is 12.1. The van der Waals surface area contributed by atoms with Crippen molar-refractivity contribution in [3.63, 3.8) is 0 Å². The number of carbonyl (C=O) groups is 1. The Morgan fingerprint density at radius 3 is 2.36 bits per heavy atom. The van der Waals surface area contributed by atoms with Gasteiger partial charge in [-0.2, -0.15) is 13.2 Å². The Labute approximate surface area is 125 Å². The Hall–Kier alpha value is -2.08. The van der Waals surface area contributed by atoms with Crippen LogP contribution in [0.15, 0.2) is 42.5 Å². The van der Waals surface area contributed by atoms with Gasteiger partial charge in [-0.25, -0.2) is 0 Å². The molecule has 2 aromatic carbocycles. The van der Waals surface area contributed by atoms with E-state index in [9.17, 15) is 23.1 Å². The first-order chi connectivity index (χ1) is 10.1. The molecule has 0 aliphatic rings. The quantitative estimate of drug-likeness (QED) is 0.913. The molecule has 6 heteroatoms. The fourth-order valence-corrected chi connectivity index (χ4v) is 2.17. The third-order valence-corrected chi connectivity index (χ3v) is 3.63. The fraction of sp³-hybridized carbons (Fsp3) is 0.312. The van der Waals surface area contributed by atoms with Crippen molar-refractivity contribution in [2.75, 3.05) is 0 Å². The monoisotopic (exact) mass is 311 g/mol. The van der Waals surface area contributed by atoms with Gasteiger partial charge < -0.3 is 10.4 Å². The van der Waals surface area contributed by atoms with Crippen LogP contribution in [0.25, 0.3) is 10.8 Å². The van der Waals surface area contributed by atoms with Crippen molar-refractivity contribution >= 4 is 16.7 Å². The van der Waals surface area contributed by atoms with Crippen LogP contribution in [0.3, 0.4) is 0 Å². The van der Waals surface area contributed by atoms with Gasteiger partial charge in [0.1, 0.15) is 0 Å². The van der Waals surface area contributed by atoms with E-state index in [4.69, 9.17) is 0 Å². The number of carbonyl (C=O) groups excluding carboxylic acids is 1. The second kappa shape index (κ2) is 5.61. The highest BCUT2D eigenvalue weighted by atomic mass is 19.4. The molecular weight excluding hydrogens is 295 g/mol. The van der Waals surface area contributed by atoms with E-state index in [0.29, 0.717) is 12.5 Å². The first-order valence-corrected chi connectivity index (χ1v) is 6.72. The van der Waals surface area contributed by atoms with Crippen LogP contribution in [0, 0.1) is 0 Å². The maximum atomic E-state index is 12.7. The van der Waals surface area contributed by atoms with Gasteiger partial charge in [0, 0.05) is 0 Å². The lowest BCUT2D eigenvalue weighted by Gasteiger charge is -2.27. The summed E-state index contributed by atoms with van der Waals surface area (Å²) >= 11 is 0. The molecule has 118 valence electrons. The predicted molar refractivity (Wildman–Crippen MR) is 77.2 cm³/mol. The van der Waals surface area contributed by atoms with E-state index in [1.807, 2.05) is 30.3 Å². The van der Waals surface area contributed by atoms with Crippen molar-refractivity contribution in [1.29, 1.82) is 0 Å². The van der Waals surface area contributed by atoms with E-state index in [2.05, 4.69) is 5.32 Å². The number of hydrogen-bond donors (Lipinski definition) is 2. The Bertz CT molecular complexity index is 690. The molecule has 2 aromatic rings. The minimum atomic E-state index is -5.03. The number of fused-ring (bicyclic) bond motifs is 1. The van der Waals surface area contributed by atoms with Gasteiger partial charge >= 0.3 is 6.18 Å². The molecule has 0 radical (unpaired) electrons. The van der Waals surface area contributed by atoms with E-state index in [1.165, 1.54) is 0 Å². The van der Waals surface area contributed by atoms with Crippen molar-refractivity contribution in [2.45, 2.75) is 31.7 Å². The summed E-state index contributed by atoms with van der Waals surface area (Å²) in [6.07, 6.45) is -5.03. The molecule has 0 aliphatic carbocycles. The minimum absolute atomic E-state index is 0.443. The lowest BCUT2D eigenvalue weighted by molar-refractivity contribution is -0.245. The topological polar surface area (TPSA) is 49.3 Å². The Kier molecular flexibility index (Phi) is 4.15. The van der Waals surface area contributed by atoms with E-state index in [0.717, 1.165) is 10.8 Å². The molecule has 0 aliphatic heterocycles. The van der Waals surface area contributed by atoms with Gasteiger partial charge in [0.2, 0.25) is 5.60 Å². The SMILES string of the molecule is C[C@H](NC(=O)[C@](C)(O)C(F)(F)F)c1cccc2ccccc12. The van der Waals surface area contributed by atoms with Gasteiger partial charge in [-0.3, -0.25) is 4.79 Å². The molecule has 0 saturated carbocycles.